The van der Waals surface area contributed by atoms with Crippen molar-refractivity contribution in [2.24, 2.45) is 0 Å². The zero-order chi connectivity index (χ0) is 29.5. The molecule has 0 spiro atoms. The number of anilines is 2. The Morgan fingerprint density at radius 2 is 1.57 bits per heavy atom. The summed E-state index contributed by atoms with van der Waals surface area (Å²) in [6.07, 6.45) is 5.64. The Morgan fingerprint density at radius 3 is 2.24 bits per heavy atom. The van der Waals surface area contributed by atoms with Crippen LogP contribution in [0.15, 0.2) is 85.2 Å². The van der Waals surface area contributed by atoms with Crippen LogP contribution in [-0.4, -0.2) is 57.9 Å². The van der Waals surface area contributed by atoms with E-state index in [1.807, 2.05) is 45.0 Å². The SMILES string of the molecule is CC(C)(C)c1cc(NC(=O)Nc2ccc(Oc3ccncc3)cc2)n(N(CCN2CCCC2)C(=O)c2ccccc2)n1. The molecule has 4 aromatic rings. The maximum absolute atomic E-state index is 13.8. The molecule has 0 radical (unpaired) electrons. The summed E-state index contributed by atoms with van der Waals surface area (Å²) in [5, 5.41) is 12.2. The van der Waals surface area contributed by atoms with Crippen molar-refractivity contribution in [3.8, 4) is 11.5 Å². The molecule has 2 aromatic heterocycles. The molecule has 2 N–H and O–H groups in total. The predicted molar refractivity (Wildman–Crippen MR) is 164 cm³/mol. The summed E-state index contributed by atoms with van der Waals surface area (Å²) in [4.78, 5) is 34.9. The number of amides is 3. The van der Waals surface area contributed by atoms with Gasteiger partial charge in [-0.15, -0.1) is 0 Å². The van der Waals surface area contributed by atoms with Crippen molar-refractivity contribution in [3.63, 3.8) is 0 Å². The number of nitrogens with zero attached hydrogens (tertiary/aromatic N) is 5. The fraction of sp³-hybridized carbons (Fsp3) is 0.312. The number of rotatable bonds is 9. The highest BCUT2D eigenvalue weighted by atomic mass is 16.5. The van der Waals surface area contributed by atoms with Gasteiger partial charge in [-0.25, -0.2) is 9.80 Å². The number of pyridine rings is 1. The fourth-order valence-electron chi connectivity index (χ4n) is 4.69. The van der Waals surface area contributed by atoms with Gasteiger partial charge in [0, 0.05) is 41.7 Å². The van der Waals surface area contributed by atoms with E-state index in [1.165, 1.54) is 4.79 Å². The Morgan fingerprint density at radius 1 is 0.905 bits per heavy atom. The third-order valence-electron chi connectivity index (χ3n) is 7.01. The zero-order valence-corrected chi connectivity index (χ0v) is 24.3. The minimum Gasteiger partial charge on any atom is -0.457 e. The van der Waals surface area contributed by atoms with Gasteiger partial charge in [-0.2, -0.15) is 9.89 Å². The number of ether oxygens (including phenoxy) is 1. The Bertz CT molecular complexity index is 1480. The maximum atomic E-state index is 13.8. The van der Waals surface area contributed by atoms with Gasteiger partial charge in [0.1, 0.15) is 11.5 Å². The van der Waals surface area contributed by atoms with Crippen LogP contribution in [0.25, 0.3) is 0 Å². The van der Waals surface area contributed by atoms with E-state index in [2.05, 4.69) is 20.5 Å². The van der Waals surface area contributed by atoms with Gasteiger partial charge in [0.15, 0.2) is 5.82 Å². The summed E-state index contributed by atoms with van der Waals surface area (Å²) < 4.78 is 5.81. The molecule has 0 unspecified atom stereocenters. The lowest BCUT2D eigenvalue weighted by atomic mass is 9.92. The topological polar surface area (TPSA) is 105 Å². The van der Waals surface area contributed by atoms with Gasteiger partial charge in [-0.05, 0) is 74.5 Å². The van der Waals surface area contributed by atoms with Gasteiger partial charge in [-0.3, -0.25) is 15.1 Å². The minimum absolute atomic E-state index is 0.188. The predicted octanol–water partition coefficient (Wildman–Crippen LogP) is 5.89. The van der Waals surface area contributed by atoms with Crippen molar-refractivity contribution in [3.05, 3.63) is 96.4 Å². The van der Waals surface area contributed by atoms with Gasteiger partial charge < -0.3 is 15.0 Å². The first kappa shape index (κ1) is 28.8. The lowest BCUT2D eigenvalue weighted by Crippen LogP contribution is -2.46. The molecule has 10 nitrogen and oxygen atoms in total. The lowest BCUT2D eigenvalue weighted by molar-refractivity contribution is 0.0949. The second-order valence-corrected chi connectivity index (χ2v) is 11.3. The minimum atomic E-state index is -0.453. The van der Waals surface area contributed by atoms with Crippen LogP contribution >= 0.6 is 0 Å². The summed E-state index contributed by atoms with van der Waals surface area (Å²) in [7, 11) is 0. The standard InChI is InChI=1S/C32H37N7O3/c1-32(2,3)28-23-29(35-31(41)34-25-11-13-26(14-12-25)42-27-15-17-33-18-16-27)39(36-28)38(22-21-37-19-7-8-20-37)30(40)24-9-5-4-6-10-24/h4-6,9-18,23H,7-8,19-22H2,1-3H3,(H2,34,35,41). The summed E-state index contributed by atoms with van der Waals surface area (Å²) in [6, 6.07) is 21.1. The summed E-state index contributed by atoms with van der Waals surface area (Å²) in [5.41, 5.74) is 1.58. The largest absolute Gasteiger partial charge is 0.457 e. The van der Waals surface area contributed by atoms with Crippen LogP contribution in [-0.2, 0) is 5.41 Å². The van der Waals surface area contributed by atoms with Crippen LogP contribution in [0.2, 0.25) is 0 Å². The van der Waals surface area contributed by atoms with E-state index in [0.717, 1.165) is 31.6 Å². The molecule has 0 bridgehead atoms. The van der Waals surface area contributed by atoms with Crippen LogP contribution in [0.4, 0.5) is 16.3 Å². The molecule has 10 heteroatoms. The van der Waals surface area contributed by atoms with Crippen molar-refractivity contribution < 1.29 is 14.3 Å². The Labute approximate surface area is 246 Å². The number of likely N-dealkylation sites (tertiary alicyclic amines) is 1. The van der Waals surface area contributed by atoms with E-state index in [4.69, 9.17) is 9.84 Å². The summed E-state index contributed by atoms with van der Waals surface area (Å²) in [6.45, 7) is 9.31. The highest BCUT2D eigenvalue weighted by Crippen LogP contribution is 2.26. The Hall–Kier alpha value is -4.70. The highest BCUT2D eigenvalue weighted by molar-refractivity contribution is 6.03. The molecule has 1 aliphatic rings. The van der Waals surface area contributed by atoms with Crippen LogP contribution in [0.3, 0.4) is 0 Å². The van der Waals surface area contributed by atoms with E-state index >= 15 is 0 Å². The number of carbonyl (C=O) groups excluding carboxylic acids is 2. The smallest absolute Gasteiger partial charge is 0.324 e. The normalized spacial score (nSPS) is 13.5. The molecule has 3 heterocycles. The number of hydrogen-bond donors (Lipinski definition) is 2. The molecule has 1 saturated heterocycles. The average molecular weight is 568 g/mol. The first-order valence-corrected chi connectivity index (χ1v) is 14.2. The molecule has 5 rings (SSSR count). The zero-order valence-electron chi connectivity index (χ0n) is 24.3. The molecule has 218 valence electrons. The molecule has 1 aliphatic heterocycles. The number of benzene rings is 2. The van der Waals surface area contributed by atoms with E-state index in [9.17, 15) is 9.59 Å². The first-order valence-electron chi connectivity index (χ1n) is 14.2. The summed E-state index contributed by atoms with van der Waals surface area (Å²) >= 11 is 0. The third-order valence-corrected chi connectivity index (χ3v) is 7.01. The first-order chi connectivity index (χ1) is 20.3. The Balaban J connectivity index is 1.36. The van der Waals surface area contributed by atoms with Crippen molar-refractivity contribution >= 4 is 23.4 Å². The quantitative estimate of drug-likeness (QED) is 0.262. The van der Waals surface area contributed by atoms with Gasteiger partial charge >= 0.3 is 6.03 Å². The average Bonchev–Trinajstić information content (AvgIpc) is 3.66. The van der Waals surface area contributed by atoms with Gasteiger partial charge in [-0.1, -0.05) is 39.0 Å². The highest BCUT2D eigenvalue weighted by Gasteiger charge is 2.27. The van der Waals surface area contributed by atoms with E-state index in [1.54, 1.807) is 65.9 Å². The number of urea groups is 1. The van der Waals surface area contributed by atoms with E-state index < -0.39 is 6.03 Å². The van der Waals surface area contributed by atoms with E-state index in [-0.39, 0.29) is 11.3 Å². The molecule has 2 aromatic carbocycles. The number of nitrogens with one attached hydrogen (secondary N) is 2. The van der Waals surface area contributed by atoms with Crippen LogP contribution in [0, 0.1) is 0 Å². The van der Waals surface area contributed by atoms with Crippen molar-refractivity contribution in [2.75, 3.05) is 41.8 Å². The molecular formula is C32H37N7O3. The molecule has 0 saturated carbocycles. The number of carbonyl (C=O) groups is 2. The van der Waals surface area contributed by atoms with Crippen LogP contribution in [0.1, 0.15) is 49.7 Å². The molecule has 3 amide bonds. The molecule has 42 heavy (non-hydrogen) atoms. The van der Waals surface area contributed by atoms with Crippen LogP contribution < -0.4 is 20.4 Å². The molecular weight excluding hydrogens is 530 g/mol. The molecule has 1 fully saturated rings. The van der Waals surface area contributed by atoms with Gasteiger partial charge in [0.2, 0.25) is 0 Å². The van der Waals surface area contributed by atoms with Crippen molar-refractivity contribution in [2.45, 2.75) is 39.0 Å². The third kappa shape index (κ3) is 7.32. The second-order valence-electron chi connectivity index (χ2n) is 11.3. The van der Waals surface area contributed by atoms with Crippen LogP contribution in [0.5, 0.6) is 11.5 Å². The fourth-order valence-corrected chi connectivity index (χ4v) is 4.69. The molecule has 0 atom stereocenters. The van der Waals surface area contributed by atoms with E-state index in [0.29, 0.717) is 41.7 Å². The monoisotopic (exact) mass is 567 g/mol. The van der Waals surface area contributed by atoms with Gasteiger partial charge in [0.25, 0.3) is 5.91 Å². The Kier molecular flexibility index (Phi) is 8.83. The van der Waals surface area contributed by atoms with Gasteiger partial charge in [0.05, 0.1) is 12.2 Å². The molecule has 0 aliphatic carbocycles. The second kappa shape index (κ2) is 12.9. The summed E-state index contributed by atoms with van der Waals surface area (Å²) in [5.74, 6) is 1.52. The lowest BCUT2D eigenvalue weighted by Gasteiger charge is -2.27. The maximum Gasteiger partial charge on any atom is 0.324 e. The number of aromatic nitrogens is 3. The van der Waals surface area contributed by atoms with Crippen molar-refractivity contribution in [1.82, 2.24) is 19.8 Å². The van der Waals surface area contributed by atoms with Crippen molar-refractivity contribution in [1.29, 1.82) is 0 Å². The number of hydrogen-bond acceptors (Lipinski definition) is 6.